The number of allylic oxidation sites excluding steroid dienone is 4. The first kappa shape index (κ1) is 20.5. The zero-order valence-corrected chi connectivity index (χ0v) is 19.5. The van der Waals surface area contributed by atoms with Gasteiger partial charge in [-0.1, -0.05) is 120 Å². The first-order chi connectivity index (χ1) is 16.2. The van der Waals surface area contributed by atoms with Crippen molar-refractivity contribution >= 4 is 23.2 Å². The van der Waals surface area contributed by atoms with Crippen LogP contribution in [0, 0.1) is 5.92 Å². The van der Waals surface area contributed by atoms with Crippen molar-refractivity contribution in [3.63, 3.8) is 0 Å². The molecule has 0 saturated carbocycles. The Kier molecular flexibility index (Phi) is 5.02. The Labute approximate surface area is 204 Å². The fourth-order valence-electron chi connectivity index (χ4n) is 5.91. The number of hydrogen-bond donors (Lipinski definition) is 0. The van der Waals surface area contributed by atoms with Crippen molar-refractivity contribution in [2.75, 3.05) is 0 Å². The largest absolute Gasteiger partial charge is 0.0843 e. The minimum atomic E-state index is -0.374. The fraction of sp³-hybridized carbons (Fsp3) is 0.0968. The molecule has 4 aromatic carbocycles. The van der Waals surface area contributed by atoms with Crippen molar-refractivity contribution < 1.29 is 0 Å². The number of benzene rings is 4. The molecule has 0 nitrogen and oxygen atoms in total. The van der Waals surface area contributed by atoms with E-state index in [9.17, 15) is 0 Å². The van der Waals surface area contributed by atoms with Gasteiger partial charge in [0.25, 0.3) is 0 Å². The van der Waals surface area contributed by atoms with Gasteiger partial charge in [-0.3, -0.25) is 0 Å². The summed E-state index contributed by atoms with van der Waals surface area (Å²) in [6, 6.07) is 34.5. The van der Waals surface area contributed by atoms with Crippen LogP contribution in [0.5, 0.6) is 0 Å². The van der Waals surface area contributed by atoms with Gasteiger partial charge in [0.15, 0.2) is 0 Å². The van der Waals surface area contributed by atoms with Gasteiger partial charge in [-0.25, -0.2) is 0 Å². The van der Waals surface area contributed by atoms with Crippen molar-refractivity contribution in [2.45, 2.75) is 11.3 Å². The van der Waals surface area contributed by atoms with Crippen LogP contribution in [-0.2, 0) is 5.41 Å². The van der Waals surface area contributed by atoms with E-state index in [1.165, 1.54) is 33.4 Å². The summed E-state index contributed by atoms with van der Waals surface area (Å²) in [6.07, 6.45) is 8.98. The Morgan fingerprint density at radius 2 is 0.939 bits per heavy atom. The molecule has 0 saturated heterocycles. The summed E-state index contributed by atoms with van der Waals surface area (Å²) >= 11 is 12.7. The first-order valence-corrected chi connectivity index (χ1v) is 12.0. The molecule has 0 unspecified atom stereocenters. The molecular weight excluding hydrogens is 443 g/mol. The molecule has 0 atom stereocenters. The molecule has 0 spiro atoms. The Bertz CT molecular complexity index is 1270. The maximum atomic E-state index is 6.36. The molecule has 2 aliphatic rings. The monoisotopic (exact) mass is 464 g/mol. The van der Waals surface area contributed by atoms with Crippen molar-refractivity contribution in [1.29, 1.82) is 0 Å². The topological polar surface area (TPSA) is 0 Å². The normalized spacial score (nSPS) is 15.1. The lowest BCUT2D eigenvalue weighted by molar-refractivity contribution is 0.395. The Morgan fingerprint density at radius 1 is 0.515 bits per heavy atom. The molecule has 0 radical (unpaired) electrons. The molecule has 2 heteroatoms. The minimum Gasteiger partial charge on any atom is -0.0843 e. The zero-order chi connectivity index (χ0) is 22.4. The summed E-state index contributed by atoms with van der Waals surface area (Å²) in [5, 5.41) is 1.49. The molecule has 4 aromatic rings. The number of fused-ring (bicyclic) bond motifs is 3. The van der Waals surface area contributed by atoms with Crippen molar-refractivity contribution in [1.82, 2.24) is 0 Å². The highest BCUT2D eigenvalue weighted by molar-refractivity contribution is 6.30. The van der Waals surface area contributed by atoms with Gasteiger partial charge in [0.05, 0.1) is 0 Å². The Morgan fingerprint density at radius 3 is 1.39 bits per heavy atom. The predicted octanol–water partition coefficient (Wildman–Crippen LogP) is 8.83. The highest BCUT2D eigenvalue weighted by atomic mass is 35.5. The van der Waals surface area contributed by atoms with Gasteiger partial charge < -0.3 is 0 Å². The van der Waals surface area contributed by atoms with Gasteiger partial charge in [-0.05, 0) is 57.6 Å². The smallest absolute Gasteiger partial charge is 0.0409 e. The van der Waals surface area contributed by atoms with Gasteiger partial charge >= 0.3 is 0 Å². The Hall–Kier alpha value is -3.06. The van der Waals surface area contributed by atoms with E-state index >= 15 is 0 Å². The highest BCUT2D eigenvalue weighted by Gasteiger charge is 2.51. The van der Waals surface area contributed by atoms with Gasteiger partial charge in [-0.2, -0.15) is 0 Å². The van der Waals surface area contributed by atoms with Crippen molar-refractivity contribution in [3.8, 4) is 11.1 Å². The fourth-order valence-corrected chi connectivity index (χ4v) is 6.16. The summed E-state index contributed by atoms with van der Waals surface area (Å²) < 4.78 is 0. The molecule has 2 aliphatic carbocycles. The van der Waals surface area contributed by atoms with Gasteiger partial charge in [0.1, 0.15) is 0 Å². The minimum absolute atomic E-state index is 0.129. The molecular formula is C31H22Cl2. The number of hydrogen-bond acceptors (Lipinski definition) is 0. The van der Waals surface area contributed by atoms with E-state index in [4.69, 9.17) is 23.2 Å². The predicted molar refractivity (Wildman–Crippen MR) is 139 cm³/mol. The summed E-state index contributed by atoms with van der Waals surface area (Å²) in [7, 11) is 0. The van der Waals surface area contributed by atoms with Crippen LogP contribution in [0.15, 0.2) is 121 Å². The van der Waals surface area contributed by atoms with Gasteiger partial charge in [-0.15, -0.1) is 0 Å². The lowest BCUT2D eigenvalue weighted by atomic mass is 9.56. The van der Waals surface area contributed by atoms with Crippen LogP contribution in [0.25, 0.3) is 11.1 Å². The highest BCUT2D eigenvalue weighted by Crippen LogP contribution is 2.60. The van der Waals surface area contributed by atoms with E-state index in [2.05, 4.69) is 97.1 Å². The van der Waals surface area contributed by atoms with Crippen LogP contribution in [0.3, 0.4) is 0 Å². The van der Waals surface area contributed by atoms with Crippen LogP contribution < -0.4 is 0 Å². The second kappa shape index (κ2) is 8.06. The van der Waals surface area contributed by atoms with Crippen molar-refractivity contribution in [3.05, 3.63) is 154 Å². The van der Waals surface area contributed by atoms with E-state index in [1.807, 2.05) is 24.3 Å². The average molecular weight is 465 g/mol. The standard InChI is InChI=1S/C31H22Cl2/c32-24-17-13-22(14-18-24)31(21-7-1-2-8-21,23-15-19-25(33)20-16-23)30-28-11-5-3-9-26(28)27-10-4-6-12-29(27)30/h1-21,30H. The third-order valence-electron chi connectivity index (χ3n) is 7.21. The van der Waals surface area contributed by atoms with Crippen molar-refractivity contribution in [2.24, 2.45) is 5.92 Å². The molecule has 0 amide bonds. The van der Waals surface area contributed by atoms with E-state index in [0.717, 1.165) is 10.0 Å². The molecule has 6 rings (SSSR count). The van der Waals surface area contributed by atoms with E-state index in [-0.39, 0.29) is 17.3 Å². The van der Waals surface area contributed by atoms with Gasteiger partial charge in [0.2, 0.25) is 0 Å². The number of rotatable bonds is 4. The van der Waals surface area contributed by atoms with E-state index in [1.54, 1.807) is 0 Å². The average Bonchev–Trinajstić information content (AvgIpc) is 3.50. The molecule has 0 heterocycles. The van der Waals surface area contributed by atoms with Crippen LogP contribution in [0.2, 0.25) is 10.0 Å². The lowest BCUT2D eigenvalue weighted by Crippen LogP contribution is -2.40. The molecule has 33 heavy (non-hydrogen) atoms. The summed E-state index contributed by atoms with van der Waals surface area (Å²) in [6.45, 7) is 0. The SMILES string of the molecule is Clc1ccc(C(c2ccc(Cl)cc2)(C2C=CC=C2)C2c3ccccc3-c3ccccc32)cc1. The van der Waals surface area contributed by atoms with E-state index < -0.39 is 0 Å². The van der Waals surface area contributed by atoms with E-state index in [0.29, 0.717) is 0 Å². The van der Waals surface area contributed by atoms with Crippen LogP contribution in [0.4, 0.5) is 0 Å². The second-order valence-electron chi connectivity index (χ2n) is 8.79. The summed E-state index contributed by atoms with van der Waals surface area (Å²) in [4.78, 5) is 0. The third kappa shape index (κ3) is 3.13. The maximum Gasteiger partial charge on any atom is 0.0409 e. The molecule has 0 aliphatic heterocycles. The molecule has 0 aromatic heterocycles. The van der Waals surface area contributed by atoms with Crippen LogP contribution in [0.1, 0.15) is 28.2 Å². The quantitative estimate of drug-likeness (QED) is 0.282. The molecule has 0 fully saturated rings. The van der Waals surface area contributed by atoms with Crippen LogP contribution >= 0.6 is 23.2 Å². The second-order valence-corrected chi connectivity index (χ2v) is 9.66. The van der Waals surface area contributed by atoms with Crippen LogP contribution in [-0.4, -0.2) is 0 Å². The molecule has 160 valence electrons. The number of halogens is 2. The maximum absolute atomic E-state index is 6.36. The Balaban J connectivity index is 1.75. The third-order valence-corrected chi connectivity index (χ3v) is 7.71. The summed E-state index contributed by atoms with van der Waals surface area (Å²) in [5.74, 6) is 0.300. The summed E-state index contributed by atoms with van der Waals surface area (Å²) in [5.41, 5.74) is 7.46. The first-order valence-electron chi connectivity index (χ1n) is 11.2. The zero-order valence-electron chi connectivity index (χ0n) is 18.0. The lowest BCUT2D eigenvalue weighted by Gasteiger charge is -2.45. The van der Waals surface area contributed by atoms with Gasteiger partial charge in [0, 0.05) is 27.3 Å². The molecule has 0 bridgehead atoms. The molecule has 0 N–H and O–H groups in total.